The first-order valence-corrected chi connectivity index (χ1v) is 7.25. The SMILES string of the molecule is N#Cc1ccc2nc(NC(=O)c3ccc([N+](=O)[O-])cc3)sc2c1. The van der Waals surface area contributed by atoms with Crippen molar-refractivity contribution in [2.75, 3.05) is 5.32 Å². The summed E-state index contributed by atoms with van der Waals surface area (Å²) in [5, 5.41) is 22.5. The number of anilines is 1. The van der Waals surface area contributed by atoms with Gasteiger partial charge in [0.15, 0.2) is 5.13 Å². The lowest BCUT2D eigenvalue weighted by molar-refractivity contribution is -0.384. The molecule has 1 N–H and O–H groups in total. The second kappa shape index (κ2) is 5.82. The van der Waals surface area contributed by atoms with Gasteiger partial charge in [-0.25, -0.2) is 4.98 Å². The summed E-state index contributed by atoms with van der Waals surface area (Å²) in [6.07, 6.45) is 0. The van der Waals surface area contributed by atoms with Gasteiger partial charge in [0.2, 0.25) is 0 Å². The molecular weight excluding hydrogens is 316 g/mol. The van der Waals surface area contributed by atoms with Gasteiger partial charge < -0.3 is 0 Å². The molecule has 0 bridgehead atoms. The van der Waals surface area contributed by atoms with Crippen LogP contribution >= 0.6 is 11.3 Å². The maximum Gasteiger partial charge on any atom is 0.269 e. The number of nitro groups is 1. The molecule has 0 atom stereocenters. The summed E-state index contributed by atoms with van der Waals surface area (Å²) in [6, 6.07) is 12.4. The molecule has 0 aliphatic heterocycles. The Hall–Kier alpha value is -3.31. The summed E-state index contributed by atoms with van der Waals surface area (Å²) in [7, 11) is 0. The van der Waals surface area contributed by atoms with Gasteiger partial charge >= 0.3 is 0 Å². The highest BCUT2D eigenvalue weighted by Crippen LogP contribution is 2.27. The summed E-state index contributed by atoms with van der Waals surface area (Å²) < 4.78 is 0.794. The number of aromatic nitrogens is 1. The molecule has 0 fully saturated rings. The van der Waals surface area contributed by atoms with Crippen LogP contribution in [-0.4, -0.2) is 15.8 Å². The molecule has 0 saturated carbocycles. The van der Waals surface area contributed by atoms with Crippen molar-refractivity contribution in [2.45, 2.75) is 0 Å². The van der Waals surface area contributed by atoms with Gasteiger partial charge in [0.25, 0.3) is 11.6 Å². The monoisotopic (exact) mass is 324 g/mol. The summed E-state index contributed by atoms with van der Waals surface area (Å²) in [5.74, 6) is -0.403. The number of carbonyl (C=O) groups is 1. The van der Waals surface area contributed by atoms with E-state index in [2.05, 4.69) is 10.3 Å². The van der Waals surface area contributed by atoms with E-state index in [1.54, 1.807) is 18.2 Å². The van der Waals surface area contributed by atoms with Gasteiger partial charge in [-0.1, -0.05) is 11.3 Å². The van der Waals surface area contributed by atoms with Crippen molar-refractivity contribution in [3.8, 4) is 6.07 Å². The molecule has 1 amide bonds. The van der Waals surface area contributed by atoms with E-state index in [4.69, 9.17) is 5.26 Å². The van der Waals surface area contributed by atoms with Crippen molar-refractivity contribution in [1.29, 1.82) is 5.26 Å². The number of nitro benzene ring substituents is 1. The number of non-ortho nitro benzene ring substituents is 1. The first-order valence-electron chi connectivity index (χ1n) is 6.43. The Balaban J connectivity index is 1.82. The second-order valence-corrected chi connectivity index (χ2v) is 5.60. The van der Waals surface area contributed by atoms with Crippen LogP contribution < -0.4 is 5.32 Å². The third-order valence-corrected chi connectivity index (χ3v) is 4.01. The van der Waals surface area contributed by atoms with E-state index >= 15 is 0 Å². The first kappa shape index (κ1) is 14.6. The van der Waals surface area contributed by atoms with Crippen molar-refractivity contribution in [2.24, 2.45) is 0 Å². The predicted octanol–water partition coefficient (Wildman–Crippen LogP) is 3.33. The van der Waals surface area contributed by atoms with Crippen LogP contribution in [0.1, 0.15) is 15.9 Å². The number of rotatable bonds is 3. The lowest BCUT2D eigenvalue weighted by atomic mass is 10.2. The molecule has 3 rings (SSSR count). The highest BCUT2D eigenvalue weighted by atomic mass is 32.1. The van der Waals surface area contributed by atoms with Crippen molar-refractivity contribution in [3.05, 3.63) is 63.7 Å². The molecule has 3 aromatic rings. The number of fused-ring (bicyclic) bond motifs is 1. The molecular formula is C15H8N4O3S. The number of benzene rings is 2. The zero-order chi connectivity index (χ0) is 16.4. The number of nitrogens with zero attached hydrogens (tertiary/aromatic N) is 3. The Bertz CT molecular complexity index is 957. The largest absolute Gasteiger partial charge is 0.298 e. The molecule has 0 spiro atoms. The van der Waals surface area contributed by atoms with E-state index in [-0.39, 0.29) is 5.69 Å². The molecule has 7 nitrogen and oxygen atoms in total. The molecule has 0 radical (unpaired) electrons. The van der Waals surface area contributed by atoms with Crippen LogP contribution in [0.4, 0.5) is 10.8 Å². The Morgan fingerprint density at radius 2 is 2.00 bits per heavy atom. The van der Waals surface area contributed by atoms with Crippen LogP contribution in [0, 0.1) is 21.4 Å². The minimum atomic E-state index is -0.526. The van der Waals surface area contributed by atoms with Gasteiger partial charge in [-0.2, -0.15) is 5.26 Å². The summed E-state index contributed by atoms with van der Waals surface area (Å²) >= 11 is 1.26. The van der Waals surface area contributed by atoms with Crippen molar-refractivity contribution < 1.29 is 9.72 Å². The van der Waals surface area contributed by atoms with E-state index in [0.29, 0.717) is 21.8 Å². The number of hydrogen-bond donors (Lipinski definition) is 1. The van der Waals surface area contributed by atoms with Gasteiger partial charge in [-0.3, -0.25) is 20.2 Å². The molecule has 23 heavy (non-hydrogen) atoms. The Morgan fingerprint density at radius 3 is 2.65 bits per heavy atom. The minimum Gasteiger partial charge on any atom is -0.298 e. The summed E-state index contributed by atoms with van der Waals surface area (Å²) in [5.41, 5.74) is 1.43. The standard InChI is InChI=1S/C15H8N4O3S/c16-8-9-1-6-12-13(7-9)23-15(17-12)18-14(20)10-2-4-11(5-3-10)19(21)22/h1-7H,(H,17,18,20). The quantitative estimate of drug-likeness (QED) is 0.587. The highest BCUT2D eigenvalue weighted by Gasteiger charge is 2.12. The van der Waals surface area contributed by atoms with Gasteiger partial charge in [0, 0.05) is 17.7 Å². The fraction of sp³-hybridized carbons (Fsp3) is 0. The van der Waals surface area contributed by atoms with Crippen molar-refractivity contribution in [3.63, 3.8) is 0 Å². The van der Waals surface area contributed by atoms with E-state index in [1.165, 1.54) is 35.6 Å². The van der Waals surface area contributed by atoms with Crippen LogP contribution in [0.5, 0.6) is 0 Å². The molecule has 8 heteroatoms. The number of carbonyl (C=O) groups excluding carboxylic acids is 1. The maximum atomic E-state index is 12.1. The Morgan fingerprint density at radius 1 is 1.26 bits per heavy atom. The first-order chi connectivity index (χ1) is 11.1. The fourth-order valence-corrected chi connectivity index (χ4v) is 2.85. The molecule has 0 saturated heterocycles. The van der Waals surface area contributed by atoms with Crippen molar-refractivity contribution >= 4 is 38.3 Å². The average molecular weight is 324 g/mol. The number of nitriles is 1. The third kappa shape index (κ3) is 3.00. The van der Waals surface area contributed by atoms with Gasteiger partial charge in [0.05, 0.1) is 26.8 Å². The maximum absolute atomic E-state index is 12.1. The van der Waals surface area contributed by atoms with E-state index in [1.807, 2.05) is 6.07 Å². The minimum absolute atomic E-state index is 0.0782. The van der Waals surface area contributed by atoms with Crippen LogP contribution in [0.25, 0.3) is 10.2 Å². The fourth-order valence-electron chi connectivity index (χ4n) is 1.95. The van der Waals surface area contributed by atoms with Crippen LogP contribution in [-0.2, 0) is 0 Å². The normalized spacial score (nSPS) is 10.2. The Labute approximate surface area is 134 Å². The van der Waals surface area contributed by atoms with Crippen LogP contribution in [0.2, 0.25) is 0 Å². The topological polar surface area (TPSA) is 109 Å². The van der Waals surface area contributed by atoms with Crippen LogP contribution in [0.15, 0.2) is 42.5 Å². The molecule has 1 heterocycles. The average Bonchev–Trinajstić information content (AvgIpc) is 2.95. The van der Waals surface area contributed by atoms with Gasteiger partial charge in [-0.05, 0) is 30.3 Å². The van der Waals surface area contributed by atoms with E-state index < -0.39 is 10.8 Å². The number of nitrogens with one attached hydrogen (secondary N) is 1. The summed E-state index contributed by atoms with van der Waals surface area (Å²) in [6.45, 7) is 0. The highest BCUT2D eigenvalue weighted by molar-refractivity contribution is 7.22. The Kier molecular flexibility index (Phi) is 3.70. The number of thiazole rings is 1. The smallest absolute Gasteiger partial charge is 0.269 e. The molecule has 1 aromatic heterocycles. The van der Waals surface area contributed by atoms with Gasteiger partial charge in [0.1, 0.15) is 0 Å². The molecule has 2 aromatic carbocycles. The van der Waals surface area contributed by atoms with E-state index in [0.717, 1.165) is 4.70 Å². The lowest BCUT2D eigenvalue weighted by Crippen LogP contribution is -2.11. The van der Waals surface area contributed by atoms with E-state index in [9.17, 15) is 14.9 Å². The number of amides is 1. The molecule has 112 valence electrons. The number of hydrogen-bond acceptors (Lipinski definition) is 6. The van der Waals surface area contributed by atoms with Crippen LogP contribution in [0.3, 0.4) is 0 Å². The zero-order valence-electron chi connectivity index (χ0n) is 11.5. The molecule has 0 unspecified atom stereocenters. The van der Waals surface area contributed by atoms with Crippen molar-refractivity contribution in [1.82, 2.24) is 4.98 Å². The molecule has 0 aliphatic rings. The van der Waals surface area contributed by atoms with Gasteiger partial charge in [-0.15, -0.1) is 0 Å². The lowest BCUT2D eigenvalue weighted by Gasteiger charge is -2.00. The molecule has 0 aliphatic carbocycles. The predicted molar refractivity (Wildman–Crippen MR) is 85.4 cm³/mol. The summed E-state index contributed by atoms with van der Waals surface area (Å²) in [4.78, 5) is 26.5. The second-order valence-electron chi connectivity index (χ2n) is 4.57. The third-order valence-electron chi connectivity index (χ3n) is 3.08. The zero-order valence-corrected chi connectivity index (χ0v) is 12.3.